The van der Waals surface area contributed by atoms with Crippen molar-refractivity contribution in [2.75, 3.05) is 6.61 Å². The van der Waals surface area contributed by atoms with Crippen LogP contribution in [-0.4, -0.2) is 32.4 Å². The smallest absolute Gasteiger partial charge is 0.229 e. The Labute approximate surface area is 109 Å². The molecule has 0 saturated heterocycles. The van der Waals surface area contributed by atoms with Crippen LogP contribution in [0.15, 0.2) is 36.4 Å². The first-order chi connectivity index (χ1) is 9.08. The second-order valence-electron chi connectivity index (χ2n) is 3.90. The van der Waals surface area contributed by atoms with Crippen molar-refractivity contribution in [3.8, 4) is 17.5 Å². The van der Waals surface area contributed by atoms with Gasteiger partial charge in [0.05, 0.1) is 0 Å². The quantitative estimate of drug-likeness (QED) is 0.707. The Morgan fingerprint density at radius 2 is 1.58 bits per heavy atom. The number of phenolic OH excluding ortho intramolecular Hbond substituents is 1. The van der Waals surface area contributed by atoms with Crippen molar-refractivity contribution in [2.24, 2.45) is 0 Å². The van der Waals surface area contributed by atoms with Gasteiger partial charge in [0.1, 0.15) is 12.4 Å². The molecule has 1 aromatic heterocycles. The molecular weight excluding hydrogens is 250 g/mol. The van der Waals surface area contributed by atoms with Gasteiger partial charge in [-0.05, 0) is 24.3 Å². The minimum atomic E-state index is -0.241. The normalized spacial score (nSPS) is 10.3. The Morgan fingerprint density at radius 3 is 2.16 bits per heavy atom. The van der Waals surface area contributed by atoms with Gasteiger partial charge in [0, 0.05) is 24.1 Å². The molecule has 0 unspecified atom stereocenters. The number of benzene rings is 1. The van der Waals surface area contributed by atoms with E-state index >= 15 is 0 Å². The van der Waals surface area contributed by atoms with Crippen molar-refractivity contribution in [2.45, 2.75) is 6.42 Å². The Bertz CT molecular complexity index is 554. The molecule has 0 saturated carbocycles. The van der Waals surface area contributed by atoms with Crippen molar-refractivity contribution in [3.63, 3.8) is 0 Å². The van der Waals surface area contributed by atoms with Crippen molar-refractivity contribution in [3.05, 3.63) is 42.0 Å². The Balaban J connectivity index is 1.89. The maximum Gasteiger partial charge on any atom is 0.229 e. The second-order valence-corrected chi connectivity index (χ2v) is 3.90. The van der Waals surface area contributed by atoms with E-state index in [1.54, 1.807) is 0 Å². The summed E-state index contributed by atoms with van der Waals surface area (Å²) in [4.78, 5) is 16.8. The molecule has 2 aromatic rings. The number of hydrogen-bond acceptors (Lipinski definition) is 5. The minimum Gasteiger partial charge on any atom is -0.508 e. The zero-order valence-corrected chi connectivity index (χ0v) is 9.98. The van der Waals surface area contributed by atoms with Crippen molar-refractivity contribution >= 4 is 5.78 Å². The first kappa shape index (κ1) is 12.8. The molecule has 19 heavy (non-hydrogen) atoms. The number of phenols is 1. The summed E-state index contributed by atoms with van der Waals surface area (Å²) < 4.78 is 0.837. The summed E-state index contributed by atoms with van der Waals surface area (Å²) in [5.74, 6) is -0.551. The SMILES string of the molecule is O=C(CCOn1c(O)ccc1O)c1ccc(O)cc1. The van der Waals surface area contributed by atoms with Gasteiger partial charge < -0.3 is 20.2 Å². The van der Waals surface area contributed by atoms with Gasteiger partial charge in [0.2, 0.25) is 11.8 Å². The molecule has 1 heterocycles. The highest BCUT2D eigenvalue weighted by Gasteiger charge is 2.09. The van der Waals surface area contributed by atoms with Crippen LogP contribution >= 0.6 is 0 Å². The number of carbonyl (C=O) groups excluding carboxylic acids is 1. The number of nitrogens with zero attached hydrogens (tertiary/aromatic N) is 1. The molecule has 0 spiro atoms. The molecule has 6 heteroatoms. The predicted octanol–water partition coefficient (Wildman–Crippen LogP) is 1.31. The summed E-state index contributed by atoms with van der Waals surface area (Å²) >= 11 is 0. The molecule has 2 rings (SSSR count). The van der Waals surface area contributed by atoms with Gasteiger partial charge in [0.25, 0.3) is 0 Å². The number of ketones is 1. The highest BCUT2D eigenvalue weighted by atomic mass is 16.7. The number of aromatic hydroxyl groups is 3. The molecule has 6 nitrogen and oxygen atoms in total. The van der Waals surface area contributed by atoms with E-state index in [9.17, 15) is 15.0 Å². The Morgan fingerprint density at radius 1 is 1.00 bits per heavy atom. The monoisotopic (exact) mass is 263 g/mol. The number of rotatable bonds is 5. The number of carbonyl (C=O) groups is 1. The zero-order chi connectivity index (χ0) is 13.8. The summed E-state index contributed by atoms with van der Waals surface area (Å²) in [7, 11) is 0. The van der Waals surface area contributed by atoms with Gasteiger partial charge in [-0.1, -0.05) is 0 Å². The van der Waals surface area contributed by atoms with Crippen molar-refractivity contribution in [1.29, 1.82) is 0 Å². The molecule has 1 aromatic carbocycles. The second kappa shape index (κ2) is 5.34. The average molecular weight is 263 g/mol. The van der Waals surface area contributed by atoms with Crippen LogP contribution in [-0.2, 0) is 0 Å². The molecule has 0 aliphatic heterocycles. The molecule has 0 fully saturated rings. The standard InChI is InChI=1S/C13H13NO5/c15-10-3-1-9(2-4-10)11(16)7-8-19-14-12(17)5-6-13(14)18/h1-6,15,17-18H,7-8H2. The lowest BCUT2D eigenvalue weighted by atomic mass is 10.1. The highest BCUT2D eigenvalue weighted by molar-refractivity contribution is 5.96. The molecule has 100 valence electrons. The molecule has 0 atom stereocenters. The van der Waals surface area contributed by atoms with Crippen LogP contribution in [0.25, 0.3) is 0 Å². The zero-order valence-electron chi connectivity index (χ0n) is 9.98. The molecule has 0 aliphatic rings. The number of Topliss-reactive ketones (excluding diaryl/α,β-unsaturated/α-hetero) is 1. The van der Waals surface area contributed by atoms with Crippen LogP contribution in [0.1, 0.15) is 16.8 Å². The largest absolute Gasteiger partial charge is 0.508 e. The van der Waals surface area contributed by atoms with Crippen molar-refractivity contribution < 1.29 is 25.0 Å². The van der Waals surface area contributed by atoms with Gasteiger partial charge >= 0.3 is 0 Å². The van der Waals surface area contributed by atoms with Crippen LogP contribution < -0.4 is 4.84 Å². The molecule has 0 bridgehead atoms. The Kier molecular flexibility index (Phi) is 3.61. The minimum absolute atomic E-state index is 0.00943. The van der Waals surface area contributed by atoms with Crippen LogP contribution in [0.4, 0.5) is 0 Å². The van der Waals surface area contributed by atoms with E-state index in [1.807, 2.05) is 0 Å². The first-order valence-electron chi connectivity index (χ1n) is 5.63. The summed E-state index contributed by atoms with van der Waals surface area (Å²) in [6.45, 7) is 0.00943. The average Bonchev–Trinajstić information content (AvgIpc) is 2.71. The van der Waals surface area contributed by atoms with Crippen LogP contribution in [0, 0.1) is 0 Å². The lowest BCUT2D eigenvalue weighted by Gasteiger charge is -2.08. The van der Waals surface area contributed by atoms with E-state index < -0.39 is 0 Å². The first-order valence-corrected chi connectivity index (χ1v) is 5.63. The summed E-state index contributed by atoms with van der Waals surface area (Å²) in [6, 6.07) is 8.44. The summed E-state index contributed by atoms with van der Waals surface area (Å²) in [6.07, 6.45) is 0.0852. The fraction of sp³-hybridized carbons (Fsp3) is 0.154. The van der Waals surface area contributed by atoms with Gasteiger partial charge in [-0.15, -0.1) is 4.73 Å². The van der Waals surface area contributed by atoms with E-state index in [0.29, 0.717) is 5.56 Å². The highest BCUT2D eigenvalue weighted by Crippen LogP contribution is 2.18. The third kappa shape index (κ3) is 2.98. The third-order valence-electron chi connectivity index (χ3n) is 2.54. The van der Waals surface area contributed by atoms with Crippen LogP contribution in [0.5, 0.6) is 17.5 Å². The third-order valence-corrected chi connectivity index (χ3v) is 2.54. The summed E-state index contributed by atoms with van der Waals surface area (Å²) in [5, 5.41) is 27.7. The van der Waals surface area contributed by atoms with Gasteiger partial charge in [0.15, 0.2) is 5.78 Å². The lowest BCUT2D eigenvalue weighted by Crippen LogP contribution is -2.15. The molecule has 0 amide bonds. The van der Waals surface area contributed by atoms with E-state index in [2.05, 4.69) is 0 Å². The van der Waals surface area contributed by atoms with E-state index in [0.717, 1.165) is 4.73 Å². The van der Waals surface area contributed by atoms with E-state index in [4.69, 9.17) is 9.94 Å². The predicted molar refractivity (Wildman–Crippen MR) is 66.3 cm³/mol. The maximum atomic E-state index is 11.8. The number of hydrogen-bond donors (Lipinski definition) is 3. The molecule has 3 N–H and O–H groups in total. The number of aromatic nitrogens is 1. The topological polar surface area (TPSA) is 91.9 Å². The van der Waals surface area contributed by atoms with Gasteiger partial charge in [-0.2, -0.15) is 0 Å². The molecule has 0 aliphatic carbocycles. The van der Waals surface area contributed by atoms with Gasteiger partial charge in [-0.3, -0.25) is 4.79 Å². The van der Waals surface area contributed by atoms with Gasteiger partial charge in [-0.25, -0.2) is 0 Å². The van der Waals surface area contributed by atoms with Crippen LogP contribution in [0.3, 0.4) is 0 Å². The fourth-order valence-corrected chi connectivity index (χ4v) is 1.56. The fourth-order valence-electron chi connectivity index (χ4n) is 1.56. The lowest BCUT2D eigenvalue weighted by molar-refractivity contribution is 0.0661. The summed E-state index contributed by atoms with van der Waals surface area (Å²) in [5.41, 5.74) is 0.461. The van der Waals surface area contributed by atoms with Crippen molar-refractivity contribution in [1.82, 2.24) is 4.73 Å². The Hall–Kier alpha value is -2.63. The van der Waals surface area contributed by atoms with E-state index in [-0.39, 0.29) is 36.3 Å². The molecular formula is C13H13NO5. The van der Waals surface area contributed by atoms with E-state index in [1.165, 1.54) is 36.4 Å². The molecule has 0 radical (unpaired) electrons. The maximum absolute atomic E-state index is 11.8. The van der Waals surface area contributed by atoms with Crippen LogP contribution in [0.2, 0.25) is 0 Å².